The Labute approximate surface area is 130 Å². The minimum absolute atomic E-state index is 0.00512. The fourth-order valence-corrected chi connectivity index (χ4v) is 2.61. The molecule has 1 aliphatic rings. The van der Waals surface area contributed by atoms with E-state index in [1.807, 2.05) is 7.05 Å². The monoisotopic (exact) mass is 308 g/mol. The van der Waals surface area contributed by atoms with Crippen molar-refractivity contribution in [2.45, 2.75) is 31.3 Å². The first-order valence-corrected chi connectivity index (χ1v) is 7.42. The van der Waals surface area contributed by atoms with Gasteiger partial charge in [-0.05, 0) is 51.1 Å². The van der Waals surface area contributed by atoms with Crippen LogP contribution >= 0.6 is 11.6 Å². The van der Waals surface area contributed by atoms with Gasteiger partial charge < -0.3 is 15.4 Å². The van der Waals surface area contributed by atoms with Gasteiger partial charge in [0.1, 0.15) is 5.75 Å². The molecule has 2 atom stereocenters. The minimum atomic E-state index is -0.233. The van der Waals surface area contributed by atoms with Crippen molar-refractivity contribution in [3.8, 4) is 5.75 Å². The van der Waals surface area contributed by atoms with Crippen molar-refractivity contribution in [3.05, 3.63) is 41.4 Å². The standard InChI is InChI=1S/C16H21ClN2O2/c1-16(9-3-4-13(10-16)18-2)19-15(20)11-21-14-7-5-12(17)6-8-14/h3-8,13,18H,9-11H2,1-2H3,(H,19,20). The van der Waals surface area contributed by atoms with Crippen LogP contribution in [0.3, 0.4) is 0 Å². The van der Waals surface area contributed by atoms with Crippen LogP contribution in [0.25, 0.3) is 0 Å². The third-order valence-corrected chi connectivity index (χ3v) is 3.85. The lowest BCUT2D eigenvalue weighted by atomic mass is 9.85. The molecule has 2 unspecified atom stereocenters. The van der Waals surface area contributed by atoms with Gasteiger partial charge in [-0.2, -0.15) is 0 Å². The van der Waals surface area contributed by atoms with Gasteiger partial charge >= 0.3 is 0 Å². The molecule has 0 heterocycles. The van der Waals surface area contributed by atoms with Crippen LogP contribution < -0.4 is 15.4 Å². The Kier molecular flexibility index (Phi) is 5.26. The highest BCUT2D eigenvalue weighted by Crippen LogP contribution is 2.23. The minimum Gasteiger partial charge on any atom is -0.484 e. The largest absolute Gasteiger partial charge is 0.484 e. The number of ether oxygens (including phenoxy) is 1. The molecule has 0 fully saturated rings. The number of benzene rings is 1. The molecule has 2 rings (SSSR count). The van der Waals surface area contributed by atoms with Gasteiger partial charge in [0.25, 0.3) is 5.91 Å². The van der Waals surface area contributed by atoms with E-state index >= 15 is 0 Å². The Morgan fingerprint density at radius 1 is 1.43 bits per heavy atom. The fraction of sp³-hybridized carbons (Fsp3) is 0.438. The molecule has 2 N–H and O–H groups in total. The van der Waals surface area contributed by atoms with Crippen molar-refractivity contribution < 1.29 is 9.53 Å². The average Bonchev–Trinajstić information content (AvgIpc) is 2.46. The lowest BCUT2D eigenvalue weighted by Crippen LogP contribution is -2.52. The molecule has 5 heteroatoms. The third kappa shape index (κ3) is 4.76. The van der Waals surface area contributed by atoms with E-state index in [1.54, 1.807) is 24.3 Å². The summed E-state index contributed by atoms with van der Waals surface area (Å²) in [5.41, 5.74) is -0.233. The Morgan fingerprint density at radius 3 is 2.81 bits per heavy atom. The Hall–Kier alpha value is -1.52. The Bertz CT molecular complexity index is 516. The molecule has 1 amide bonds. The van der Waals surface area contributed by atoms with E-state index in [-0.39, 0.29) is 18.1 Å². The van der Waals surface area contributed by atoms with Gasteiger partial charge in [-0.1, -0.05) is 23.8 Å². The van der Waals surface area contributed by atoms with Gasteiger partial charge in [-0.25, -0.2) is 0 Å². The molecule has 0 aliphatic heterocycles. The first-order chi connectivity index (χ1) is 10.0. The first-order valence-electron chi connectivity index (χ1n) is 7.04. The van der Waals surface area contributed by atoms with Crippen LogP contribution in [-0.4, -0.2) is 31.1 Å². The van der Waals surface area contributed by atoms with Crippen molar-refractivity contribution in [2.24, 2.45) is 0 Å². The highest BCUT2D eigenvalue weighted by molar-refractivity contribution is 6.30. The third-order valence-electron chi connectivity index (χ3n) is 3.60. The zero-order chi connectivity index (χ0) is 15.3. The Morgan fingerprint density at radius 2 is 2.14 bits per heavy atom. The van der Waals surface area contributed by atoms with E-state index in [2.05, 4.69) is 29.7 Å². The fourth-order valence-electron chi connectivity index (χ4n) is 2.48. The molecule has 1 aliphatic carbocycles. The zero-order valence-corrected chi connectivity index (χ0v) is 13.1. The van der Waals surface area contributed by atoms with Crippen LogP contribution in [0.2, 0.25) is 5.02 Å². The highest BCUT2D eigenvalue weighted by Gasteiger charge is 2.30. The molecule has 1 aromatic carbocycles. The van der Waals surface area contributed by atoms with Gasteiger partial charge in [-0.3, -0.25) is 4.79 Å². The van der Waals surface area contributed by atoms with Crippen molar-refractivity contribution >= 4 is 17.5 Å². The summed E-state index contributed by atoms with van der Waals surface area (Å²) in [6, 6.07) is 7.26. The number of rotatable bonds is 5. The summed E-state index contributed by atoms with van der Waals surface area (Å²) < 4.78 is 5.46. The molecule has 0 radical (unpaired) electrons. The van der Waals surface area contributed by atoms with Crippen LogP contribution in [0.4, 0.5) is 0 Å². The summed E-state index contributed by atoms with van der Waals surface area (Å²) in [5.74, 6) is 0.522. The number of nitrogens with one attached hydrogen (secondary N) is 2. The number of likely N-dealkylation sites (N-methyl/N-ethyl adjacent to an activating group) is 1. The summed E-state index contributed by atoms with van der Waals surface area (Å²) in [5, 5.41) is 6.92. The van der Waals surface area contributed by atoms with Crippen LogP contribution in [0, 0.1) is 0 Å². The van der Waals surface area contributed by atoms with Gasteiger partial charge in [0.05, 0.1) is 0 Å². The predicted octanol–water partition coefficient (Wildman–Crippen LogP) is 2.53. The SMILES string of the molecule is CNC1C=CCC(C)(NC(=O)COc2ccc(Cl)cc2)C1. The topological polar surface area (TPSA) is 50.4 Å². The van der Waals surface area contributed by atoms with E-state index in [0.29, 0.717) is 16.8 Å². The summed E-state index contributed by atoms with van der Waals surface area (Å²) in [6.07, 6.45) is 5.94. The van der Waals surface area contributed by atoms with Crippen molar-refractivity contribution in [3.63, 3.8) is 0 Å². The van der Waals surface area contributed by atoms with E-state index < -0.39 is 0 Å². The summed E-state index contributed by atoms with van der Waals surface area (Å²) in [7, 11) is 1.92. The highest BCUT2D eigenvalue weighted by atomic mass is 35.5. The summed E-state index contributed by atoms with van der Waals surface area (Å²) >= 11 is 5.80. The second-order valence-corrected chi connectivity index (χ2v) is 6.02. The molecule has 0 bridgehead atoms. The van der Waals surface area contributed by atoms with E-state index in [1.165, 1.54) is 0 Å². The van der Waals surface area contributed by atoms with Gasteiger partial charge in [0.2, 0.25) is 0 Å². The molecular formula is C16H21ClN2O2. The Balaban J connectivity index is 1.84. The number of amides is 1. The number of carbonyl (C=O) groups is 1. The molecule has 0 spiro atoms. The average molecular weight is 309 g/mol. The molecule has 1 aromatic rings. The molecule has 0 aromatic heterocycles. The quantitative estimate of drug-likeness (QED) is 0.822. The smallest absolute Gasteiger partial charge is 0.258 e. The van der Waals surface area contributed by atoms with Gasteiger partial charge in [-0.15, -0.1) is 0 Å². The lowest BCUT2D eigenvalue weighted by molar-refractivity contribution is -0.125. The molecule has 114 valence electrons. The molecule has 0 saturated heterocycles. The number of halogens is 1. The maximum absolute atomic E-state index is 12.0. The number of hydrogen-bond donors (Lipinski definition) is 2. The normalized spacial score (nSPS) is 24.6. The van der Waals surface area contributed by atoms with Crippen LogP contribution in [-0.2, 0) is 4.79 Å². The van der Waals surface area contributed by atoms with Crippen molar-refractivity contribution in [2.75, 3.05) is 13.7 Å². The van der Waals surface area contributed by atoms with Crippen LogP contribution in [0.15, 0.2) is 36.4 Å². The lowest BCUT2D eigenvalue weighted by Gasteiger charge is -2.35. The van der Waals surface area contributed by atoms with Crippen LogP contribution in [0.5, 0.6) is 5.75 Å². The van der Waals surface area contributed by atoms with Crippen molar-refractivity contribution in [1.82, 2.24) is 10.6 Å². The van der Waals surface area contributed by atoms with E-state index in [4.69, 9.17) is 16.3 Å². The summed E-state index contributed by atoms with van der Waals surface area (Å²) in [4.78, 5) is 12.0. The first kappa shape index (κ1) is 15.9. The molecule has 0 saturated carbocycles. The molecule has 21 heavy (non-hydrogen) atoms. The molecular weight excluding hydrogens is 288 g/mol. The van der Waals surface area contributed by atoms with Crippen molar-refractivity contribution in [1.29, 1.82) is 0 Å². The maximum Gasteiger partial charge on any atom is 0.258 e. The van der Waals surface area contributed by atoms with E-state index in [9.17, 15) is 4.79 Å². The molecule has 4 nitrogen and oxygen atoms in total. The maximum atomic E-state index is 12.0. The second-order valence-electron chi connectivity index (χ2n) is 5.58. The van der Waals surface area contributed by atoms with Gasteiger partial charge in [0.15, 0.2) is 6.61 Å². The van der Waals surface area contributed by atoms with Crippen LogP contribution in [0.1, 0.15) is 19.8 Å². The summed E-state index contributed by atoms with van der Waals surface area (Å²) in [6.45, 7) is 2.06. The number of hydrogen-bond acceptors (Lipinski definition) is 3. The second kappa shape index (κ2) is 6.96. The number of carbonyl (C=O) groups excluding carboxylic acids is 1. The van der Waals surface area contributed by atoms with E-state index in [0.717, 1.165) is 12.8 Å². The zero-order valence-electron chi connectivity index (χ0n) is 12.4. The predicted molar refractivity (Wildman–Crippen MR) is 84.7 cm³/mol. The van der Waals surface area contributed by atoms with Gasteiger partial charge in [0, 0.05) is 16.6 Å².